The molecule has 0 aromatic heterocycles. The lowest BCUT2D eigenvalue weighted by Crippen LogP contribution is -2.46. The summed E-state index contributed by atoms with van der Waals surface area (Å²) in [5.74, 6) is -1.32. The molecule has 0 aliphatic carbocycles. The quantitative estimate of drug-likeness (QED) is 0.342. The molecule has 0 radical (unpaired) electrons. The third kappa shape index (κ3) is 8.07. The van der Waals surface area contributed by atoms with Gasteiger partial charge in [-0.1, -0.05) is 48.5 Å². The maximum atomic E-state index is 13.3. The number of nitrogens with two attached hydrogens (primary N) is 1. The van der Waals surface area contributed by atoms with Gasteiger partial charge >= 0.3 is 19.5 Å². The smallest absolute Gasteiger partial charge is 0.338 e. The van der Waals surface area contributed by atoms with Crippen LogP contribution < -0.4 is 15.3 Å². The molecule has 0 aliphatic heterocycles. The molecule has 0 saturated carbocycles. The topological polar surface area (TPSA) is 117 Å². The first-order valence-corrected chi connectivity index (χ1v) is 10.9. The Hall–Kier alpha value is -2.67. The summed E-state index contributed by atoms with van der Waals surface area (Å²) in [6.07, 6.45) is -2.45. The molecule has 0 fully saturated rings. The molecule has 9 heteroatoms. The number of rotatable bonds is 10. The van der Waals surface area contributed by atoms with Crippen LogP contribution in [0.1, 0.15) is 19.4 Å². The highest BCUT2D eigenvalue weighted by molar-refractivity contribution is 7.58. The maximum Gasteiger partial charge on any atom is 0.338 e. The van der Waals surface area contributed by atoms with Gasteiger partial charge in [-0.15, -0.1) is 0 Å². The van der Waals surface area contributed by atoms with Crippen molar-refractivity contribution < 1.29 is 28.2 Å². The largest absolute Gasteiger partial charge is 0.461 e. The molecule has 2 aromatic rings. The third-order valence-corrected chi connectivity index (χ3v) is 5.37. The predicted octanol–water partition coefficient (Wildman–Crippen LogP) is 2.83. The van der Waals surface area contributed by atoms with Gasteiger partial charge in [0.2, 0.25) is 0 Å². The van der Waals surface area contributed by atoms with Gasteiger partial charge in [-0.05, 0) is 31.5 Å². The molecule has 156 valence electrons. The van der Waals surface area contributed by atoms with Crippen LogP contribution in [0, 0.1) is 0 Å². The van der Waals surface area contributed by atoms with Crippen LogP contribution in [0.15, 0.2) is 60.7 Å². The number of para-hydroxylation sites is 1. The third-order valence-electron chi connectivity index (χ3n) is 3.52. The lowest BCUT2D eigenvalue weighted by Gasteiger charge is -2.23. The highest BCUT2D eigenvalue weighted by atomic mass is 31.2. The van der Waals surface area contributed by atoms with Crippen LogP contribution in [0.5, 0.6) is 5.75 Å². The average molecular weight is 420 g/mol. The van der Waals surface area contributed by atoms with E-state index >= 15 is 0 Å². The molecule has 0 spiro atoms. The van der Waals surface area contributed by atoms with Crippen molar-refractivity contribution in [3.8, 4) is 5.75 Å². The van der Waals surface area contributed by atoms with E-state index in [0.717, 1.165) is 5.56 Å². The van der Waals surface area contributed by atoms with Gasteiger partial charge in [-0.2, -0.15) is 0 Å². The van der Waals surface area contributed by atoms with Crippen LogP contribution in [0.3, 0.4) is 0 Å². The van der Waals surface area contributed by atoms with E-state index in [-0.39, 0.29) is 12.4 Å². The van der Waals surface area contributed by atoms with Crippen LogP contribution in [0.4, 0.5) is 0 Å². The summed E-state index contributed by atoms with van der Waals surface area (Å²) in [4.78, 5) is 24.3. The summed E-state index contributed by atoms with van der Waals surface area (Å²) in [5.41, 5.74) is 6.54. The summed E-state index contributed by atoms with van der Waals surface area (Å²) in [6, 6.07) is 17.3. The van der Waals surface area contributed by atoms with Crippen LogP contribution in [0.25, 0.3) is 0 Å². The van der Waals surface area contributed by atoms with Crippen molar-refractivity contribution in [3.63, 3.8) is 0 Å². The normalized spacial score (nSPS) is 13.9. The molecule has 2 atom stereocenters. The monoisotopic (exact) mass is 420 g/mol. The molecule has 8 nitrogen and oxygen atoms in total. The van der Waals surface area contributed by atoms with E-state index in [0.29, 0.717) is 0 Å². The number of ether oxygens (including phenoxy) is 2. The Balaban J connectivity index is 2.07. The van der Waals surface area contributed by atoms with Gasteiger partial charge in [0.15, 0.2) is 6.17 Å². The Labute approximate surface area is 169 Å². The standard InChI is InChI=1S/C20H25N2O6P/c1-15(2)27-20(24)19(21)22-29(25,28-17-11-7-4-8-12-17)14-18(23)26-13-16-9-5-3-6-10-16/h3-12,15,19H,13-14,21H2,1-2H3,(H,22,25)/t19-,29?/m1/s1. The fourth-order valence-electron chi connectivity index (χ4n) is 2.28. The average Bonchev–Trinajstić information content (AvgIpc) is 2.67. The van der Waals surface area contributed by atoms with E-state index in [4.69, 9.17) is 19.7 Å². The van der Waals surface area contributed by atoms with Crippen LogP contribution in [-0.2, 0) is 30.2 Å². The summed E-state index contributed by atoms with van der Waals surface area (Å²) < 4.78 is 29.0. The number of carbonyl (C=O) groups excluding carboxylic acids is 2. The number of hydrogen-bond donors (Lipinski definition) is 2. The Kier molecular flexibility index (Phi) is 8.39. The molecule has 29 heavy (non-hydrogen) atoms. The highest BCUT2D eigenvalue weighted by Gasteiger charge is 2.34. The van der Waals surface area contributed by atoms with Crippen molar-refractivity contribution in [3.05, 3.63) is 66.2 Å². The number of benzene rings is 2. The van der Waals surface area contributed by atoms with Crippen molar-refractivity contribution in [1.29, 1.82) is 0 Å². The molecule has 0 bridgehead atoms. The van der Waals surface area contributed by atoms with Crippen LogP contribution >= 0.6 is 7.52 Å². The van der Waals surface area contributed by atoms with Crippen molar-refractivity contribution in [1.82, 2.24) is 5.09 Å². The van der Waals surface area contributed by atoms with Crippen molar-refractivity contribution in [2.24, 2.45) is 5.73 Å². The van der Waals surface area contributed by atoms with Gasteiger partial charge in [0.25, 0.3) is 0 Å². The molecule has 0 amide bonds. The summed E-state index contributed by atoms with van der Waals surface area (Å²) in [6.45, 7) is 3.34. The SMILES string of the molecule is CC(C)OC(=O)[C@H](N)NP(=O)(CC(=O)OCc1ccccc1)Oc1ccccc1. The van der Waals surface area contributed by atoms with Gasteiger partial charge in [0.1, 0.15) is 18.5 Å². The van der Waals surface area contributed by atoms with Crippen LogP contribution in [0.2, 0.25) is 0 Å². The zero-order valence-electron chi connectivity index (χ0n) is 16.3. The van der Waals surface area contributed by atoms with Gasteiger partial charge in [-0.25, -0.2) is 9.88 Å². The van der Waals surface area contributed by atoms with Crippen molar-refractivity contribution >= 4 is 19.5 Å². The minimum absolute atomic E-state index is 0.0203. The second kappa shape index (κ2) is 10.8. The zero-order valence-corrected chi connectivity index (χ0v) is 17.2. The molecule has 1 unspecified atom stereocenters. The van der Waals surface area contributed by atoms with Gasteiger partial charge in [-0.3, -0.25) is 9.36 Å². The fraction of sp³-hybridized carbons (Fsp3) is 0.300. The lowest BCUT2D eigenvalue weighted by molar-refractivity contribution is -0.149. The Morgan fingerprint density at radius 1 is 1.03 bits per heavy atom. The summed E-state index contributed by atoms with van der Waals surface area (Å²) in [5, 5.41) is 2.41. The molecular weight excluding hydrogens is 395 g/mol. The summed E-state index contributed by atoms with van der Waals surface area (Å²) in [7, 11) is -3.92. The van der Waals surface area contributed by atoms with E-state index in [2.05, 4.69) is 5.09 Å². The van der Waals surface area contributed by atoms with E-state index in [9.17, 15) is 14.2 Å². The molecule has 0 saturated heterocycles. The molecule has 2 aromatic carbocycles. The van der Waals surface area contributed by atoms with Crippen molar-refractivity contribution in [2.75, 3.05) is 6.16 Å². The number of nitrogens with one attached hydrogen (secondary N) is 1. The minimum atomic E-state index is -3.92. The van der Waals surface area contributed by atoms with E-state index in [1.807, 2.05) is 18.2 Å². The first-order chi connectivity index (χ1) is 13.8. The van der Waals surface area contributed by atoms with E-state index in [1.165, 1.54) is 0 Å². The van der Waals surface area contributed by atoms with Crippen LogP contribution in [-0.4, -0.2) is 30.4 Å². The minimum Gasteiger partial charge on any atom is -0.461 e. The number of esters is 2. The number of hydrogen-bond acceptors (Lipinski definition) is 7. The summed E-state index contributed by atoms with van der Waals surface area (Å²) >= 11 is 0. The Morgan fingerprint density at radius 3 is 2.21 bits per heavy atom. The lowest BCUT2D eigenvalue weighted by atomic mass is 10.2. The molecule has 3 N–H and O–H groups in total. The highest BCUT2D eigenvalue weighted by Crippen LogP contribution is 2.43. The molecule has 0 heterocycles. The molecular formula is C20H25N2O6P. The Morgan fingerprint density at radius 2 is 1.62 bits per heavy atom. The molecule has 2 rings (SSSR count). The molecule has 0 aliphatic rings. The fourth-order valence-corrected chi connectivity index (χ4v) is 3.91. The van der Waals surface area contributed by atoms with Crippen molar-refractivity contribution in [2.45, 2.75) is 32.7 Å². The van der Waals surface area contributed by atoms with Gasteiger partial charge in [0, 0.05) is 0 Å². The Bertz CT molecular complexity index is 845. The van der Waals surface area contributed by atoms with Gasteiger partial charge < -0.3 is 19.7 Å². The first-order valence-electron chi connectivity index (χ1n) is 9.04. The van der Waals surface area contributed by atoms with E-state index < -0.39 is 37.9 Å². The second-order valence-electron chi connectivity index (χ2n) is 6.47. The number of carbonyl (C=O) groups is 2. The van der Waals surface area contributed by atoms with E-state index in [1.54, 1.807) is 56.3 Å². The first kappa shape index (κ1) is 22.6. The predicted molar refractivity (Wildman–Crippen MR) is 108 cm³/mol. The zero-order chi connectivity index (χ0) is 21.3. The van der Waals surface area contributed by atoms with Gasteiger partial charge in [0.05, 0.1) is 6.10 Å². The maximum absolute atomic E-state index is 13.3. The second-order valence-corrected chi connectivity index (χ2v) is 8.58.